The zero-order valence-electron chi connectivity index (χ0n) is 16.3. The van der Waals surface area contributed by atoms with Crippen LogP contribution in [0, 0.1) is 0 Å². The van der Waals surface area contributed by atoms with E-state index in [-0.39, 0.29) is 5.91 Å². The molecule has 148 valence electrons. The summed E-state index contributed by atoms with van der Waals surface area (Å²) < 4.78 is 19.3. The number of ether oxygens (including phenoxy) is 3. The maximum atomic E-state index is 12.7. The van der Waals surface area contributed by atoms with E-state index in [0.717, 1.165) is 21.7 Å². The standard InChI is InChI=1S/C21H24N2O4S/c1-4-26-13-12-23-18-11-10-17(25-3)14-19(18)28-21(23)22-20(24)15-6-8-16(9-7-15)27-5-2/h6-11,14H,4-5,12-13H2,1-3H3. The van der Waals surface area contributed by atoms with Crippen LogP contribution in [0.2, 0.25) is 0 Å². The SMILES string of the molecule is CCOCCn1c(=NC(=O)c2ccc(OCC)cc2)sc2cc(OC)ccc21. The maximum Gasteiger partial charge on any atom is 0.279 e. The molecule has 1 amide bonds. The second-order valence-electron chi connectivity index (χ2n) is 5.94. The summed E-state index contributed by atoms with van der Waals surface area (Å²) in [4.78, 5) is 17.7. The summed E-state index contributed by atoms with van der Waals surface area (Å²) in [5.74, 6) is 1.22. The van der Waals surface area contributed by atoms with Crippen LogP contribution in [0.4, 0.5) is 0 Å². The minimum absolute atomic E-state index is 0.285. The Morgan fingerprint density at radius 2 is 1.82 bits per heavy atom. The number of methoxy groups -OCH3 is 1. The molecule has 2 aromatic carbocycles. The summed E-state index contributed by atoms with van der Waals surface area (Å²) in [5.41, 5.74) is 1.53. The van der Waals surface area contributed by atoms with E-state index >= 15 is 0 Å². The third-order valence-electron chi connectivity index (χ3n) is 4.16. The molecule has 1 aromatic heterocycles. The Morgan fingerprint density at radius 3 is 2.50 bits per heavy atom. The van der Waals surface area contributed by atoms with E-state index in [1.807, 2.05) is 36.6 Å². The average molecular weight is 401 g/mol. The Morgan fingerprint density at radius 1 is 1.07 bits per heavy atom. The highest BCUT2D eigenvalue weighted by Crippen LogP contribution is 2.23. The van der Waals surface area contributed by atoms with Crippen molar-refractivity contribution in [2.45, 2.75) is 20.4 Å². The van der Waals surface area contributed by atoms with Gasteiger partial charge in [0.2, 0.25) is 0 Å². The molecule has 0 aliphatic carbocycles. The van der Waals surface area contributed by atoms with Crippen LogP contribution in [-0.4, -0.2) is 37.4 Å². The van der Waals surface area contributed by atoms with Crippen molar-refractivity contribution in [2.24, 2.45) is 4.99 Å². The van der Waals surface area contributed by atoms with E-state index < -0.39 is 0 Å². The van der Waals surface area contributed by atoms with E-state index in [4.69, 9.17) is 14.2 Å². The van der Waals surface area contributed by atoms with Crippen molar-refractivity contribution in [3.05, 3.63) is 52.8 Å². The lowest BCUT2D eigenvalue weighted by Crippen LogP contribution is -2.19. The molecule has 0 fully saturated rings. The van der Waals surface area contributed by atoms with Gasteiger partial charge in [-0.05, 0) is 56.3 Å². The van der Waals surface area contributed by atoms with E-state index in [1.165, 1.54) is 11.3 Å². The van der Waals surface area contributed by atoms with Crippen LogP contribution in [0.5, 0.6) is 11.5 Å². The molecule has 0 N–H and O–H groups in total. The van der Waals surface area contributed by atoms with Gasteiger partial charge in [0.15, 0.2) is 4.80 Å². The zero-order chi connectivity index (χ0) is 19.9. The van der Waals surface area contributed by atoms with Gasteiger partial charge in [0, 0.05) is 18.7 Å². The summed E-state index contributed by atoms with van der Waals surface area (Å²) in [5, 5.41) is 0. The van der Waals surface area contributed by atoms with Gasteiger partial charge >= 0.3 is 0 Å². The first-order valence-electron chi connectivity index (χ1n) is 9.23. The average Bonchev–Trinajstić information content (AvgIpc) is 3.05. The van der Waals surface area contributed by atoms with Gasteiger partial charge in [-0.25, -0.2) is 0 Å². The summed E-state index contributed by atoms with van der Waals surface area (Å²) in [6, 6.07) is 12.9. The number of carbonyl (C=O) groups excluding carboxylic acids is 1. The van der Waals surface area contributed by atoms with Gasteiger partial charge in [0.1, 0.15) is 11.5 Å². The fourth-order valence-electron chi connectivity index (χ4n) is 2.79. The van der Waals surface area contributed by atoms with Gasteiger partial charge in [-0.15, -0.1) is 0 Å². The smallest absolute Gasteiger partial charge is 0.279 e. The van der Waals surface area contributed by atoms with Crippen LogP contribution in [0.15, 0.2) is 47.5 Å². The van der Waals surface area contributed by atoms with Crippen LogP contribution >= 0.6 is 11.3 Å². The van der Waals surface area contributed by atoms with Crippen LogP contribution < -0.4 is 14.3 Å². The lowest BCUT2D eigenvalue weighted by molar-refractivity contribution is 0.0996. The van der Waals surface area contributed by atoms with Crippen LogP contribution in [0.25, 0.3) is 10.2 Å². The van der Waals surface area contributed by atoms with Crippen LogP contribution in [-0.2, 0) is 11.3 Å². The fraction of sp³-hybridized carbons (Fsp3) is 0.333. The fourth-order valence-corrected chi connectivity index (χ4v) is 3.88. The van der Waals surface area contributed by atoms with Crippen LogP contribution in [0.1, 0.15) is 24.2 Å². The molecule has 0 aliphatic rings. The summed E-state index contributed by atoms with van der Waals surface area (Å²) in [6.07, 6.45) is 0. The quantitative estimate of drug-likeness (QED) is 0.538. The highest BCUT2D eigenvalue weighted by molar-refractivity contribution is 7.16. The predicted octanol–water partition coefficient (Wildman–Crippen LogP) is 3.89. The van der Waals surface area contributed by atoms with E-state index in [0.29, 0.717) is 36.7 Å². The molecule has 0 atom stereocenters. The summed E-state index contributed by atoms with van der Waals surface area (Å²) in [6.45, 7) is 6.29. The maximum absolute atomic E-state index is 12.7. The van der Waals surface area contributed by atoms with Crippen molar-refractivity contribution in [1.29, 1.82) is 0 Å². The van der Waals surface area contributed by atoms with Crippen LogP contribution in [0.3, 0.4) is 0 Å². The molecular weight excluding hydrogens is 376 g/mol. The van der Waals surface area contributed by atoms with Crippen molar-refractivity contribution < 1.29 is 19.0 Å². The number of carbonyl (C=O) groups is 1. The second kappa shape index (κ2) is 9.52. The number of hydrogen-bond acceptors (Lipinski definition) is 5. The molecule has 3 rings (SSSR count). The number of nitrogens with zero attached hydrogens (tertiary/aromatic N) is 2. The minimum Gasteiger partial charge on any atom is -0.497 e. The molecule has 7 heteroatoms. The van der Waals surface area contributed by atoms with E-state index in [9.17, 15) is 4.79 Å². The molecule has 3 aromatic rings. The lowest BCUT2D eigenvalue weighted by Gasteiger charge is -2.06. The second-order valence-corrected chi connectivity index (χ2v) is 6.95. The molecule has 0 spiro atoms. The minimum atomic E-state index is -0.285. The zero-order valence-corrected chi connectivity index (χ0v) is 17.1. The first kappa shape index (κ1) is 20.1. The molecule has 0 saturated carbocycles. The number of hydrogen-bond donors (Lipinski definition) is 0. The number of benzene rings is 2. The van der Waals surface area contributed by atoms with Crippen molar-refractivity contribution in [1.82, 2.24) is 4.57 Å². The van der Waals surface area contributed by atoms with Gasteiger partial charge in [0.25, 0.3) is 5.91 Å². The van der Waals surface area contributed by atoms with E-state index in [1.54, 1.807) is 31.4 Å². The highest BCUT2D eigenvalue weighted by Gasteiger charge is 2.10. The number of fused-ring (bicyclic) bond motifs is 1. The Bertz CT molecular complexity index is 1010. The third-order valence-corrected chi connectivity index (χ3v) is 5.20. The molecule has 0 radical (unpaired) electrons. The number of amides is 1. The Labute approximate surface area is 168 Å². The predicted molar refractivity (Wildman–Crippen MR) is 110 cm³/mol. The third kappa shape index (κ3) is 4.61. The summed E-state index contributed by atoms with van der Waals surface area (Å²) in [7, 11) is 1.64. The van der Waals surface area contributed by atoms with Gasteiger partial charge in [-0.3, -0.25) is 4.79 Å². The first-order chi connectivity index (χ1) is 13.7. The van der Waals surface area contributed by atoms with Crippen molar-refractivity contribution in [3.8, 4) is 11.5 Å². The summed E-state index contributed by atoms with van der Waals surface area (Å²) >= 11 is 1.46. The lowest BCUT2D eigenvalue weighted by atomic mass is 10.2. The van der Waals surface area contributed by atoms with Gasteiger partial charge < -0.3 is 18.8 Å². The van der Waals surface area contributed by atoms with Gasteiger partial charge in [-0.1, -0.05) is 11.3 Å². The monoisotopic (exact) mass is 400 g/mol. The molecule has 0 saturated heterocycles. The molecular formula is C21H24N2O4S. The largest absolute Gasteiger partial charge is 0.497 e. The molecule has 6 nitrogen and oxygen atoms in total. The van der Waals surface area contributed by atoms with E-state index in [2.05, 4.69) is 4.99 Å². The molecule has 1 heterocycles. The number of rotatable bonds is 8. The highest BCUT2D eigenvalue weighted by atomic mass is 32.1. The normalized spacial score (nSPS) is 11.8. The Hall–Kier alpha value is -2.64. The van der Waals surface area contributed by atoms with Crippen molar-refractivity contribution >= 4 is 27.5 Å². The van der Waals surface area contributed by atoms with Crippen molar-refractivity contribution in [2.75, 3.05) is 26.9 Å². The van der Waals surface area contributed by atoms with Crippen molar-refractivity contribution in [3.63, 3.8) is 0 Å². The molecule has 28 heavy (non-hydrogen) atoms. The Balaban J connectivity index is 1.98. The topological polar surface area (TPSA) is 62.1 Å². The first-order valence-corrected chi connectivity index (χ1v) is 10.0. The molecule has 0 unspecified atom stereocenters. The van der Waals surface area contributed by atoms with Gasteiger partial charge in [0.05, 0.1) is 30.5 Å². The van der Waals surface area contributed by atoms with Gasteiger partial charge in [-0.2, -0.15) is 4.99 Å². The molecule has 0 bridgehead atoms. The molecule has 0 aliphatic heterocycles. The Kier molecular flexibility index (Phi) is 6.84. The number of thiazole rings is 1. The number of aromatic nitrogens is 1.